The van der Waals surface area contributed by atoms with E-state index in [9.17, 15) is 14.9 Å². The summed E-state index contributed by atoms with van der Waals surface area (Å²) in [5.41, 5.74) is 5.09. The van der Waals surface area contributed by atoms with E-state index in [1.54, 1.807) is 0 Å². The number of rotatable bonds is 1. The molecule has 78 valence electrons. The molecule has 1 aliphatic heterocycles. The van der Waals surface area contributed by atoms with Gasteiger partial charge in [-0.3, -0.25) is 5.32 Å². The lowest BCUT2D eigenvalue weighted by Gasteiger charge is -2.14. The molecular formula is C6H11N5O3. The number of nitro groups is 1. The first-order valence-corrected chi connectivity index (χ1v) is 4.14. The van der Waals surface area contributed by atoms with Crippen LogP contribution < -0.4 is 11.1 Å². The molecule has 0 aromatic carbocycles. The molecule has 0 bridgehead atoms. The van der Waals surface area contributed by atoms with Gasteiger partial charge < -0.3 is 10.6 Å². The minimum absolute atomic E-state index is 0.439. The van der Waals surface area contributed by atoms with Crippen molar-refractivity contribution in [2.45, 2.75) is 12.8 Å². The Hall–Kier alpha value is -1.86. The topological polar surface area (TPSA) is 114 Å². The highest BCUT2D eigenvalue weighted by Crippen LogP contribution is 2.06. The standard InChI is InChI=1S/C6H11N5O3/c7-5(9-11(13)14)8-6(12)10-3-1-2-4-10/h1-4H2,(H3,7,8,9,12). The number of guanidine groups is 1. The average Bonchev–Trinajstić information content (AvgIpc) is 2.53. The third-order valence-electron chi connectivity index (χ3n) is 1.82. The number of urea groups is 1. The third-order valence-corrected chi connectivity index (χ3v) is 1.82. The van der Waals surface area contributed by atoms with Gasteiger partial charge in [-0.15, -0.1) is 0 Å². The molecule has 0 saturated carbocycles. The fraction of sp³-hybridized carbons (Fsp3) is 0.667. The number of hydrogen-bond acceptors (Lipinski definition) is 3. The summed E-state index contributed by atoms with van der Waals surface area (Å²) >= 11 is 0. The van der Waals surface area contributed by atoms with E-state index < -0.39 is 17.0 Å². The predicted molar refractivity (Wildman–Crippen MR) is 48.0 cm³/mol. The normalized spacial score (nSPS) is 16.9. The number of nitrogens with two attached hydrogens (primary N) is 1. The van der Waals surface area contributed by atoms with Gasteiger partial charge in [0, 0.05) is 13.1 Å². The summed E-state index contributed by atoms with van der Waals surface area (Å²) in [6.07, 6.45) is 1.89. The summed E-state index contributed by atoms with van der Waals surface area (Å²) in [4.78, 5) is 22.7. The maximum atomic E-state index is 11.3. The van der Waals surface area contributed by atoms with Gasteiger partial charge in [-0.25, -0.2) is 14.9 Å². The molecule has 0 aromatic rings. The van der Waals surface area contributed by atoms with Crippen LogP contribution in [0.3, 0.4) is 0 Å². The largest absolute Gasteiger partial charge is 0.364 e. The van der Waals surface area contributed by atoms with Crippen LogP contribution in [-0.2, 0) is 0 Å². The Bertz CT molecular complexity index is 271. The minimum atomic E-state index is -0.959. The maximum Gasteiger partial charge on any atom is 0.324 e. The highest BCUT2D eigenvalue weighted by Gasteiger charge is 2.18. The average molecular weight is 201 g/mol. The lowest BCUT2D eigenvalue weighted by molar-refractivity contribution is -0.485. The van der Waals surface area contributed by atoms with Crippen LogP contribution in [0.15, 0.2) is 5.10 Å². The summed E-state index contributed by atoms with van der Waals surface area (Å²) in [7, 11) is 0. The van der Waals surface area contributed by atoms with E-state index in [4.69, 9.17) is 5.73 Å². The second kappa shape index (κ2) is 4.40. The van der Waals surface area contributed by atoms with E-state index in [0.717, 1.165) is 12.8 Å². The SMILES string of the molecule is NC(=N[N+](=O)[O-])NC(=O)N1CCCC1. The molecule has 0 aliphatic carbocycles. The quantitative estimate of drug-likeness (QED) is 0.252. The second-order valence-electron chi connectivity index (χ2n) is 2.85. The van der Waals surface area contributed by atoms with Crippen molar-refractivity contribution in [2.24, 2.45) is 10.8 Å². The van der Waals surface area contributed by atoms with Gasteiger partial charge in [-0.2, -0.15) is 0 Å². The van der Waals surface area contributed by atoms with Gasteiger partial charge in [0.1, 0.15) is 5.10 Å². The van der Waals surface area contributed by atoms with Crippen molar-refractivity contribution >= 4 is 12.0 Å². The highest BCUT2D eigenvalue weighted by atomic mass is 16.7. The molecule has 2 amide bonds. The Kier molecular flexibility index (Phi) is 3.21. The molecule has 0 radical (unpaired) electrons. The zero-order chi connectivity index (χ0) is 10.6. The summed E-state index contributed by atoms with van der Waals surface area (Å²) in [6, 6.07) is -0.439. The zero-order valence-electron chi connectivity index (χ0n) is 7.47. The molecule has 14 heavy (non-hydrogen) atoms. The van der Waals surface area contributed by atoms with Crippen LogP contribution >= 0.6 is 0 Å². The Morgan fingerprint density at radius 2 is 2.07 bits per heavy atom. The van der Waals surface area contributed by atoms with Gasteiger partial charge >= 0.3 is 6.03 Å². The number of carbonyl (C=O) groups is 1. The van der Waals surface area contributed by atoms with Gasteiger partial charge in [-0.05, 0) is 12.8 Å². The summed E-state index contributed by atoms with van der Waals surface area (Å²) in [6.45, 7) is 1.30. The van der Waals surface area contributed by atoms with Crippen LogP contribution in [0.25, 0.3) is 0 Å². The molecule has 0 unspecified atom stereocenters. The Balaban J connectivity index is 2.43. The molecule has 1 saturated heterocycles. The van der Waals surface area contributed by atoms with Crippen LogP contribution in [0, 0.1) is 10.1 Å². The van der Waals surface area contributed by atoms with Crippen molar-refractivity contribution in [2.75, 3.05) is 13.1 Å². The van der Waals surface area contributed by atoms with Crippen molar-refractivity contribution in [1.82, 2.24) is 10.2 Å². The summed E-state index contributed by atoms with van der Waals surface area (Å²) < 4.78 is 0. The van der Waals surface area contributed by atoms with Crippen LogP contribution in [0.1, 0.15) is 12.8 Å². The van der Waals surface area contributed by atoms with Crippen molar-refractivity contribution in [3.05, 3.63) is 10.1 Å². The van der Waals surface area contributed by atoms with Gasteiger partial charge in [0.25, 0.3) is 5.96 Å². The number of hydrogen-bond donors (Lipinski definition) is 2. The molecule has 1 rings (SSSR count). The van der Waals surface area contributed by atoms with E-state index >= 15 is 0 Å². The van der Waals surface area contributed by atoms with Gasteiger partial charge in [-0.1, -0.05) is 0 Å². The number of amides is 2. The van der Waals surface area contributed by atoms with Crippen molar-refractivity contribution < 1.29 is 9.83 Å². The van der Waals surface area contributed by atoms with Crippen LogP contribution in [-0.4, -0.2) is 35.0 Å². The van der Waals surface area contributed by atoms with Gasteiger partial charge in [0.15, 0.2) is 5.03 Å². The zero-order valence-corrected chi connectivity index (χ0v) is 7.47. The molecule has 8 heteroatoms. The van der Waals surface area contributed by atoms with Crippen molar-refractivity contribution in [3.8, 4) is 0 Å². The fourth-order valence-electron chi connectivity index (χ4n) is 1.22. The third kappa shape index (κ3) is 2.88. The first kappa shape index (κ1) is 10.2. The van der Waals surface area contributed by atoms with Gasteiger partial charge in [0.05, 0.1) is 0 Å². The molecule has 8 nitrogen and oxygen atoms in total. The molecule has 1 aliphatic rings. The number of hydrazone groups is 1. The van der Waals surface area contributed by atoms with Gasteiger partial charge in [0.2, 0.25) is 0 Å². The smallest absolute Gasteiger partial charge is 0.324 e. The number of likely N-dealkylation sites (tertiary alicyclic amines) is 1. The minimum Gasteiger partial charge on any atom is -0.364 e. The van der Waals surface area contributed by atoms with E-state index in [2.05, 4.69) is 10.4 Å². The summed E-state index contributed by atoms with van der Waals surface area (Å²) in [5.74, 6) is -0.494. The van der Waals surface area contributed by atoms with Crippen LogP contribution in [0.4, 0.5) is 4.79 Å². The van der Waals surface area contributed by atoms with Crippen LogP contribution in [0.2, 0.25) is 0 Å². The van der Waals surface area contributed by atoms with E-state index in [-0.39, 0.29) is 0 Å². The van der Waals surface area contributed by atoms with Crippen molar-refractivity contribution in [1.29, 1.82) is 0 Å². The molecule has 3 N–H and O–H groups in total. The molecule has 1 heterocycles. The first-order valence-electron chi connectivity index (χ1n) is 4.14. The number of carbonyl (C=O) groups excluding carboxylic acids is 1. The molecule has 0 atom stereocenters. The van der Waals surface area contributed by atoms with E-state index in [1.807, 2.05) is 0 Å². The highest BCUT2D eigenvalue weighted by molar-refractivity contribution is 5.95. The first-order chi connectivity index (χ1) is 6.59. The second-order valence-corrected chi connectivity index (χ2v) is 2.85. The lowest BCUT2D eigenvalue weighted by Crippen LogP contribution is -2.45. The number of nitrogens with one attached hydrogen (secondary N) is 1. The Morgan fingerprint density at radius 1 is 1.50 bits per heavy atom. The predicted octanol–water partition coefficient (Wildman–Crippen LogP) is -0.702. The Morgan fingerprint density at radius 3 is 2.57 bits per heavy atom. The fourth-order valence-corrected chi connectivity index (χ4v) is 1.22. The lowest BCUT2D eigenvalue weighted by atomic mass is 10.4. The Labute approximate surface area is 79.9 Å². The number of nitrogens with zero attached hydrogens (tertiary/aromatic N) is 3. The van der Waals surface area contributed by atoms with E-state index in [1.165, 1.54) is 4.90 Å². The molecule has 0 spiro atoms. The molecule has 1 fully saturated rings. The van der Waals surface area contributed by atoms with E-state index in [0.29, 0.717) is 13.1 Å². The molecule has 0 aromatic heterocycles. The van der Waals surface area contributed by atoms with Crippen molar-refractivity contribution in [3.63, 3.8) is 0 Å². The monoisotopic (exact) mass is 201 g/mol. The summed E-state index contributed by atoms with van der Waals surface area (Å²) in [5, 5.41) is 13.8. The maximum absolute atomic E-state index is 11.3. The molecular weight excluding hydrogens is 190 g/mol. The van der Waals surface area contributed by atoms with Crippen LogP contribution in [0.5, 0.6) is 0 Å².